The van der Waals surface area contributed by atoms with Gasteiger partial charge in [-0.05, 0) is 378 Å². The molecule has 2 saturated heterocycles. The molecule has 818 valence electrons. The zero-order valence-corrected chi connectivity index (χ0v) is 100. The normalized spacial score (nSPS) is 13.1. The average Bonchev–Trinajstić information content (AvgIpc) is 1.61. The van der Waals surface area contributed by atoms with Crippen LogP contribution in [-0.2, 0) is 56.5 Å². The van der Waals surface area contributed by atoms with Crippen molar-refractivity contribution in [2.45, 2.75) is 288 Å². The van der Waals surface area contributed by atoms with E-state index in [-0.39, 0.29) is 24.4 Å². The number of aliphatic hydroxyl groups excluding tert-OH is 1. The number of hydrogen-bond donors (Lipinski definition) is 3. The Morgan fingerprint density at radius 3 is 1.06 bits per heavy atom. The van der Waals surface area contributed by atoms with Gasteiger partial charge in [0.1, 0.15) is 5.82 Å². The lowest BCUT2D eigenvalue weighted by Crippen LogP contribution is -2.35. The van der Waals surface area contributed by atoms with E-state index in [1.807, 2.05) is 136 Å². The van der Waals surface area contributed by atoms with Crippen molar-refractivity contribution in [2.75, 3.05) is 60.4 Å². The maximum atomic E-state index is 12.6. The lowest BCUT2D eigenvalue weighted by Gasteiger charge is -2.23. The molecule has 13 aromatic rings. The van der Waals surface area contributed by atoms with Crippen LogP contribution in [0.25, 0.3) is 0 Å². The number of unbranched alkanes of at least 4 members (excludes halogenated alkanes) is 1. The summed E-state index contributed by atoms with van der Waals surface area (Å²) >= 11 is 5.71. The average molecular weight is 2160 g/mol. The largest absolute Gasteiger partial charge is 0.392 e. The first-order valence-corrected chi connectivity index (χ1v) is 59.2. The lowest BCUT2D eigenvalue weighted by molar-refractivity contribution is 0.189. The van der Waals surface area contributed by atoms with Crippen LogP contribution in [0.4, 0.5) is 4.39 Å². The molecule has 2 fully saturated rings. The maximum Gasteiger partial charge on any atom is 0.243 e. The van der Waals surface area contributed by atoms with Crippen LogP contribution in [0.1, 0.15) is 212 Å². The first-order chi connectivity index (χ1) is 70.2. The molecular formula is C126H174ClFN6O11S5. The summed E-state index contributed by atoms with van der Waals surface area (Å²) in [6.07, 6.45) is 5.87. The molecule has 0 saturated carbocycles. The number of β-amino-alcohol motifs (C(OH)–C–C–N with tert-alkyl or cyclic N) is 1. The van der Waals surface area contributed by atoms with Gasteiger partial charge in [-0.15, -0.1) is 0 Å². The molecule has 0 aromatic heterocycles. The van der Waals surface area contributed by atoms with Crippen LogP contribution in [-0.4, -0.2) is 144 Å². The smallest absolute Gasteiger partial charge is 0.243 e. The van der Waals surface area contributed by atoms with E-state index in [1.165, 1.54) is 109 Å². The summed E-state index contributed by atoms with van der Waals surface area (Å²) in [5.74, 6) is -0.116. The van der Waals surface area contributed by atoms with Crippen LogP contribution in [0.5, 0.6) is 0 Å². The Balaban J connectivity index is 0.000000421. The molecule has 2 aliphatic heterocycles. The van der Waals surface area contributed by atoms with Gasteiger partial charge in [-0.2, -0.15) is 8.61 Å². The van der Waals surface area contributed by atoms with Gasteiger partial charge < -0.3 is 10.0 Å². The lowest BCUT2D eigenvalue weighted by atomic mass is 10.1. The SMILES string of the molecule is CCC1CCCN1S(=O)(=O)c1ccc(C)cc1.CCCCN(C)S(=O)(=O)c1ccc(C)cc1.CCc1ccc(C)c(C)c1.Cc1cc(C)cc(C)c1.Cc1ccc(C)c(C)c1.Cc1ccc(C)c(C)c1.Cc1ccc(C)c(F)c1.Cc1ccc(C)cc1.Cc1ccc(S(=O)(=O)N2CCC(O)C2)cc1.Cc1ccc(S(=O)(=O)NC(C)C)cc1.Cc1ccc(S(=O)(=O)NCCN(C)C)cc1.Cc1cccc(C)c1C.Cc1ccccc1Cl. The summed E-state index contributed by atoms with van der Waals surface area (Å²) in [6.45, 7) is 62.2. The van der Waals surface area contributed by atoms with Gasteiger partial charge in [-0.1, -0.05) is 312 Å². The van der Waals surface area contributed by atoms with Crippen LogP contribution in [0, 0.1) is 172 Å². The first-order valence-electron chi connectivity index (χ1n) is 51.5. The van der Waals surface area contributed by atoms with Crippen molar-refractivity contribution in [3.63, 3.8) is 0 Å². The van der Waals surface area contributed by atoms with Gasteiger partial charge >= 0.3 is 0 Å². The third-order valence-electron chi connectivity index (χ3n) is 24.8. The minimum atomic E-state index is -3.42. The third kappa shape index (κ3) is 50.4. The predicted octanol–water partition coefficient (Wildman–Crippen LogP) is 28.9. The number of benzene rings is 13. The fourth-order valence-electron chi connectivity index (χ4n) is 14.7. The van der Waals surface area contributed by atoms with E-state index in [1.54, 1.807) is 135 Å². The molecule has 17 nitrogen and oxygen atoms in total. The van der Waals surface area contributed by atoms with Gasteiger partial charge in [0.15, 0.2) is 0 Å². The van der Waals surface area contributed by atoms with Crippen molar-refractivity contribution in [3.05, 3.63) is 429 Å². The number of nitrogens with one attached hydrogen (secondary N) is 2. The molecule has 0 radical (unpaired) electrons. The Bertz CT molecular complexity index is 6600. The second kappa shape index (κ2) is 67.2. The van der Waals surface area contributed by atoms with Crippen LogP contribution in [0.3, 0.4) is 0 Å². The number of halogens is 2. The standard InChI is InChI=1S/C13H19NO2S.C12H19NO2S.C11H18N2O2S.C11H15NO3S.C10H15NO2S.C10H14.4C9H12.C8H9F.C8H10.C7H7Cl/c1-3-12-5-4-10-14(12)17(15,16)13-8-6-11(2)7-9-13;1-4-5-10-13(3)16(14,15)12-8-6-11(2)7-9-12;1-10-4-6-11(7-5-10)16(14,15)12-8-9-13(2)3;1-9-2-4-11(5-3-9)16(14,15)12-7-6-10(13)8-12;1-8(2)11-14(12,13)10-6-4-9(3)5-7-10;1-4-10-6-5-8(2)9(3)7-10;1-7-4-8(2)6-9(3)5-7;2*1-7-4-5-8(2)9(3)6-7;1-7-5-4-6-8(2)9(7)3;1-6-3-4-7(2)8(9)5-6;1-7-3-5-8(2)6-4-7;1-6-4-2-3-5-7(6)8/h6-9,12H,3-5,10H2,1-2H3;6-9H,4-5,10H2,1-3H3;4-7,12H,8-9H2,1-3H3;2-5,10,13H,6-8H2,1H3;4-8,11H,1-3H3;5-7H,4H2,1-3H3;4*4-6H,1-3H3;3-5H,1-2H3;3-6H,1-2H3;2-5H,1H3. The minimum Gasteiger partial charge on any atom is -0.392 e. The van der Waals surface area contributed by atoms with E-state index in [0.717, 1.165) is 82.5 Å². The highest BCUT2D eigenvalue weighted by atomic mass is 35.5. The molecule has 24 heteroatoms. The number of nitrogens with zero attached hydrogens (tertiary/aromatic N) is 4. The molecule has 0 bridgehead atoms. The fraction of sp³-hybridized carbons (Fsp3) is 0.381. The van der Waals surface area contributed by atoms with Crippen LogP contribution >= 0.6 is 11.6 Å². The zero-order chi connectivity index (χ0) is 113. The summed E-state index contributed by atoms with van der Waals surface area (Å²) in [6, 6.07) is 88.6. The van der Waals surface area contributed by atoms with E-state index in [0.29, 0.717) is 69.2 Å². The topological polar surface area (TPSA) is 228 Å². The molecule has 2 atom stereocenters. The second-order valence-electron chi connectivity index (χ2n) is 39.6. The van der Waals surface area contributed by atoms with Crippen LogP contribution in [0.15, 0.2) is 304 Å². The zero-order valence-electron chi connectivity index (χ0n) is 95.6. The fourth-order valence-corrected chi connectivity index (χ4v) is 21.5. The minimum absolute atomic E-state index is 0.0821. The summed E-state index contributed by atoms with van der Waals surface area (Å²) in [4.78, 5) is 3.65. The number of hydrogen-bond acceptors (Lipinski definition) is 12. The van der Waals surface area contributed by atoms with E-state index in [2.05, 4.69) is 242 Å². The Labute approximate surface area is 911 Å². The number of aliphatic hydroxyl groups is 1. The monoisotopic (exact) mass is 2160 g/mol. The Morgan fingerprint density at radius 2 is 0.727 bits per heavy atom. The highest BCUT2D eigenvalue weighted by Gasteiger charge is 2.35. The van der Waals surface area contributed by atoms with Gasteiger partial charge in [0, 0.05) is 63.4 Å². The molecule has 2 aliphatic rings. The molecule has 0 aliphatic carbocycles. The van der Waals surface area contributed by atoms with Gasteiger partial charge in [0.25, 0.3) is 0 Å². The highest BCUT2D eigenvalue weighted by molar-refractivity contribution is 7.90. The van der Waals surface area contributed by atoms with Crippen molar-refractivity contribution in [1.29, 1.82) is 0 Å². The van der Waals surface area contributed by atoms with Gasteiger partial charge in [0.2, 0.25) is 50.1 Å². The highest BCUT2D eigenvalue weighted by Crippen LogP contribution is 2.29. The molecular weight excluding hydrogens is 1990 g/mol. The summed E-state index contributed by atoms with van der Waals surface area (Å²) < 4.78 is 142. The van der Waals surface area contributed by atoms with Gasteiger partial charge in [-0.25, -0.2) is 60.2 Å². The molecule has 15 rings (SSSR count). The van der Waals surface area contributed by atoms with Crippen molar-refractivity contribution in [2.24, 2.45) is 0 Å². The molecule has 3 N–H and O–H groups in total. The van der Waals surface area contributed by atoms with Gasteiger partial charge in [0.05, 0.1) is 30.6 Å². The molecule has 2 heterocycles. The number of likely N-dealkylation sites (N-methyl/N-ethyl adjacent to an activating group) is 1. The van der Waals surface area contributed by atoms with Crippen molar-refractivity contribution in [3.8, 4) is 0 Å². The maximum absolute atomic E-state index is 12.6. The van der Waals surface area contributed by atoms with E-state index in [9.17, 15) is 51.6 Å². The first kappa shape index (κ1) is 134. The van der Waals surface area contributed by atoms with E-state index >= 15 is 0 Å². The Kier molecular flexibility index (Phi) is 59.9. The van der Waals surface area contributed by atoms with Crippen molar-refractivity contribution < 1.29 is 51.6 Å². The van der Waals surface area contributed by atoms with E-state index in [4.69, 9.17) is 11.6 Å². The summed E-state index contributed by atoms with van der Waals surface area (Å²) in [7, 11) is -11.2. The van der Waals surface area contributed by atoms with Crippen molar-refractivity contribution >= 4 is 61.7 Å². The summed E-state index contributed by atoms with van der Waals surface area (Å²) in [5, 5.41) is 10.2. The van der Waals surface area contributed by atoms with Crippen LogP contribution in [0.2, 0.25) is 5.02 Å². The molecule has 150 heavy (non-hydrogen) atoms. The molecule has 2 unspecified atom stereocenters. The predicted molar refractivity (Wildman–Crippen MR) is 632 cm³/mol. The molecule has 0 spiro atoms. The molecule has 0 amide bonds. The quantitative estimate of drug-likeness (QED) is 0.0687. The van der Waals surface area contributed by atoms with Crippen molar-refractivity contribution in [1.82, 2.24) is 27.3 Å². The number of aryl methyl sites for hydroxylation is 24. The molecule has 13 aromatic carbocycles. The number of rotatable bonds is 19. The van der Waals surface area contributed by atoms with Gasteiger partial charge in [-0.3, -0.25) is 0 Å². The van der Waals surface area contributed by atoms with Crippen LogP contribution < -0.4 is 9.44 Å². The van der Waals surface area contributed by atoms with E-state index < -0.39 is 56.2 Å². The Hall–Kier alpha value is -10.5. The second-order valence-corrected chi connectivity index (χ2v) is 49.4. The number of sulfonamides is 5. The third-order valence-corrected chi connectivity index (χ3v) is 34.1. The summed E-state index contributed by atoms with van der Waals surface area (Å²) in [5.41, 5.74) is 31.4. The Morgan fingerprint density at radius 1 is 0.367 bits per heavy atom.